The average Bonchev–Trinajstić information content (AvgIpc) is 2.49. The fourth-order valence-corrected chi connectivity index (χ4v) is 2.23. The first-order valence-electron chi connectivity index (χ1n) is 5.80. The molecule has 0 aliphatic carbocycles. The molecule has 0 aromatic heterocycles. The van der Waals surface area contributed by atoms with E-state index in [9.17, 15) is 0 Å². The first-order valence-corrected chi connectivity index (χ1v) is 5.80. The topological polar surface area (TPSA) is 23.5 Å². The molecule has 0 spiro atoms. The average molecular weight is 205 g/mol. The molecule has 0 amide bonds. The fourth-order valence-electron chi connectivity index (χ4n) is 2.23. The van der Waals surface area contributed by atoms with E-state index in [0.29, 0.717) is 6.61 Å². The molecule has 1 N–H and O–H groups in total. The first kappa shape index (κ1) is 10.7. The molecule has 0 unspecified atom stereocenters. The zero-order valence-corrected chi connectivity index (χ0v) is 9.15. The predicted molar refractivity (Wildman–Crippen MR) is 62.0 cm³/mol. The Labute approximate surface area is 91.5 Å². The van der Waals surface area contributed by atoms with Gasteiger partial charge in [0.15, 0.2) is 0 Å². The number of nitrogens with zero attached hydrogens (tertiary/aromatic N) is 1. The molecule has 1 aromatic carbocycles. The number of hydrogen-bond donors (Lipinski definition) is 1. The highest BCUT2D eigenvalue weighted by Crippen LogP contribution is 2.15. The summed E-state index contributed by atoms with van der Waals surface area (Å²) in [7, 11) is 0. The Kier molecular flexibility index (Phi) is 3.75. The van der Waals surface area contributed by atoms with Gasteiger partial charge in [0.1, 0.15) is 0 Å². The summed E-state index contributed by atoms with van der Waals surface area (Å²) in [6.45, 7) is 3.61. The quantitative estimate of drug-likeness (QED) is 0.807. The van der Waals surface area contributed by atoms with Crippen molar-refractivity contribution in [1.82, 2.24) is 4.90 Å². The van der Waals surface area contributed by atoms with Crippen LogP contribution in [0.5, 0.6) is 0 Å². The maximum atomic E-state index is 8.81. The number of aliphatic hydroxyl groups excluding tert-OH is 1. The van der Waals surface area contributed by atoms with Gasteiger partial charge in [0.05, 0.1) is 0 Å². The molecule has 1 heterocycles. The number of aliphatic hydroxyl groups is 1. The molecular weight excluding hydrogens is 186 g/mol. The van der Waals surface area contributed by atoms with Gasteiger partial charge in [0.25, 0.3) is 0 Å². The van der Waals surface area contributed by atoms with E-state index in [0.717, 1.165) is 38.9 Å². The van der Waals surface area contributed by atoms with Crippen molar-refractivity contribution in [2.45, 2.75) is 19.3 Å². The summed E-state index contributed by atoms with van der Waals surface area (Å²) in [5, 5.41) is 8.81. The van der Waals surface area contributed by atoms with E-state index in [1.54, 1.807) is 0 Å². The van der Waals surface area contributed by atoms with Gasteiger partial charge in [-0.2, -0.15) is 0 Å². The van der Waals surface area contributed by atoms with Crippen molar-refractivity contribution < 1.29 is 5.11 Å². The van der Waals surface area contributed by atoms with E-state index in [-0.39, 0.29) is 0 Å². The highest BCUT2D eigenvalue weighted by Gasteiger charge is 2.12. The Morgan fingerprint density at radius 1 is 1.07 bits per heavy atom. The van der Waals surface area contributed by atoms with E-state index in [1.807, 2.05) is 0 Å². The number of rotatable bonds is 3. The first-order chi connectivity index (χ1) is 7.40. The van der Waals surface area contributed by atoms with Crippen molar-refractivity contribution in [1.29, 1.82) is 0 Å². The third-order valence-electron chi connectivity index (χ3n) is 3.15. The lowest BCUT2D eigenvalue weighted by atomic mass is 10.0. The summed E-state index contributed by atoms with van der Waals surface area (Å²) in [6, 6.07) is 8.74. The second kappa shape index (κ2) is 5.29. The smallest absolute Gasteiger partial charge is 0.0443 e. The molecule has 0 saturated carbocycles. The van der Waals surface area contributed by atoms with Crippen molar-refractivity contribution in [2.24, 2.45) is 0 Å². The van der Waals surface area contributed by atoms with Crippen molar-refractivity contribution in [3.63, 3.8) is 0 Å². The molecule has 2 nitrogen and oxygen atoms in total. The monoisotopic (exact) mass is 205 g/mol. The van der Waals surface area contributed by atoms with Gasteiger partial charge in [-0.25, -0.2) is 0 Å². The molecule has 1 aliphatic heterocycles. The lowest BCUT2D eigenvalue weighted by Gasteiger charge is -2.18. The van der Waals surface area contributed by atoms with Crippen molar-refractivity contribution in [3.8, 4) is 0 Å². The highest BCUT2D eigenvalue weighted by molar-refractivity contribution is 5.28. The maximum absolute atomic E-state index is 8.81. The van der Waals surface area contributed by atoms with Crippen LogP contribution in [0, 0.1) is 0 Å². The van der Waals surface area contributed by atoms with Crippen LogP contribution in [0.2, 0.25) is 0 Å². The summed E-state index contributed by atoms with van der Waals surface area (Å²) in [5.41, 5.74) is 3.01. The van der Waals surface area contributed by atoms with Crippen LogP contribution < -0.4 is 0 Å². The Morgan fingerprint density at radius 3 is 2.20 bits per heavy atom. The number of benzene rings is 1. The van der Waals surface area contributed by atoms with Crippen molar-refractivity contribution in [3.05, 3.63) is 35.4 Å². The van der Waals surface area contributed by atoms with Crippen LogP contribution in [0.15, 0.2) is 24.3 Å². The van der Waals surface area contributed by atoms with Gasteiger partial charge < -0.3 is 10.0 Å². The predicted octanol–water partition coefficient (Wildman–Crippen LogP) is 1.47. The molecule has 0 fully saturated rings. The van der Waals surface area contributed by atoms with E-state index in [4.69, 9.17) is 5.11 Å². The van der Waals surface area contributed by atoms with Crippen molar-refractivity contribution in [2.75, 3.05) is 26.2 Å². The summed E-state index contributed by atoms with van der Waals surface area (Å²) in [6.07, 6.45) is 3.21. The molecule has 2 rings (SSSR count). The van der Waals surface area contributed by atoms with Gasteiger partial charge in [0, 0.05) is 26.2 Å². The Hall–Kier alpha value is -0.860. The normalized spacial score (nSPS) is 17.1. The molecule has 15 heavy (non-hydrogen) atoms. The Bertz CT molecular complexity index is 284. The zero-order valence-electron chi connectivity index (χ0n) is 9.15. The molecule has 0 bridgehead atoms. The second-order valence-corrected chi connectivity index (χ2v) is 4.19. The largest absolute Gasteiger partial charge is 0.396 e. The molecule has 1 aromatic rings. The van der Waals surface area contributed by atoms with Gasteiger partial charge >= 0.3 is 0 Å². The lowest BCUT2D eigenvalue weighted by Crippen LogP contribution is -2.28. The zero-order chi connectivity index (χ0) is 10.5. The van der Waals surface area contributed by atoms with Crippen LogP contribution in [0.4, 0.5) is 0 Å². The Balaban J connectivity index is 1.96. The van der Waals surface area contributed by atoms with E-state index >= 15 is 0 Å². The minimum atomic E-state index is 0.309. The second-order valence-electron chi connectivity index (χ2n) is 4.19. The number of fused-ring (bicyclic) bond motifs is 1. The van der Waals surface area contributed by atoms with E-state index in [2.05, 4.69) is 29.2 Å². The SMILES string of the molecule is OCCCN1CCc2ccccc2CC1. The highest BCUT2D eigenvalue weighted by atomic mass is 16.3. The molecule has 1 aliphatic rings. The van der Waals surface area contributed by atoms with Crippen LogP contribution in [-0.4, -0.2) is 36.2 Å². The molecule has 0 atom stereocenters. The fraction of sp³-hybridized carbons (Fsp3) is 0.538. The van der Waals surface area contributed by atoms with Crippen LogP contribution >= 0.6 is 0 Å². The van der Waals surface area contributed by atoms with Crippen LogP contribution in [0.1, 0.15) is 17.5 Å². The number of hydrogen-bond acceptors (Lipinski definition) is 2. The third-order valence-corrected chi connectivity index (χ3v) is 3.15. The van der Waals surface area contributed by atoms with Gasteiger partial charge in [-0.3, -0.25) is 0 Å². The summed E-state index contributed by atoms with van der Waals surface area (Å²) in [4.78, 5) is 2.45. The van der Waals surface area contributed by atoms with E-state index in [1.165, 1.54) is 11.1 Å². The molecule has 0 saturated heterocycles. The molecule has 82 valence electrons. The Morgan fingerprint density at radius 2 is 1.67 bits per heavy atom. The summed E-state index contributed by atoms with van der Waals surface area (Å²) < 4.78 is 0. The van der Waals surface area contributed by atoms with Crippen LogP contribution in [0.25, 0.3) is 0 Å². The third kappa shape index (κ3) is 2.80. The minimum Gasteiger partial charge on any atom is -0.396 e. The molecule has 0 radical (unpaired) electrons. The standard InChI is InChI=1S/C13H19NO/c15-11-3-8-14-9-6-12-4-1-2-5-13(12)7-10-14/h1-2,4-5,15H,3,6-11H2. The minimum absolute atomic E-state index is 0.309. The van der Waals surface area contributed by atoms with Gasteiger partial charge in [0.2, 0.25) is 0 Å². The molecular formula is C13H19NO. The summed E-state index contributed by atoms with van der Waals surface area (Å²) in [5.74, 6) is 0. The van der Waals surface area contributed by atoms with Gasteiger partial charge in [-0.1, -0.05) is 24.3 Å². The van der Waals surface area contributed by atoms with Gasteiger partial charge in [-0.05, 0) is 30.4 Å². The van der Waals surface area contributed by atoms with Crippen LogP contribution in [-0.2, 0) is 12.8 Å². The summed E-state index contributed by atoms with van der Waals surface area (Å²) >= 11 is 0. The lowest BCUT2D eigenvalue weighted by molar-refractivity contribution is 0.229. The maximum Gasteiger partial charge on any atom is 0.0443 e. The van der Waals surface area contributed by atoms with E-state index < -0.39 is 0 Å². The van der Waals surface area contributed by atoms with Gasteiger partial charge in [-0.15, -0.1) is 0 Å². The van der Waals surface area contributed by atoms with Crippen molar-refractivity contribution >= 4 is 0 Å². The van der Waals surface area contributed by atoms with Crippen LogP contribution in [0.3, 0.4) is 0 Å². The molecule has 2 heteroatoms.